The Hall–Kier alpha value is -6.22. The average molecular weight is 845 g/mol. The van der Waals surface area contributed by atoms with Crippen LogP contribution in [0.2, 0.25) is 0 Å². The van der Waals surface area contributed by atoms with Gasteiger partial charge in [0.25, 0.3) is 0 Å². The van der Waals surface area contributed by atoms with E-state index in [1.807, 2.05) is 54.6 Å². The van der Waals surface area contributed by atoms with E-state index in [0.29, 0.717) is 22.5 Å². The van der Waals surface area contributed by atoms with Crippen LogP contribution in [0.1, 0.15) is 98.8 Å². The number of aromatic nitrogens is 2. The Bertz CT molecular complexity index is 2850. The van der Waals surface area contributed by atoms with Crippen molar-refractivity contribution in [3.8, 4) is 44.8 Å². The summed E-state index contributed by atoms with van der Waals surface area (Å²) in [5.41, 5.74) is 16.4. The van der Waals surface area contributed by atoms with Gasteiger partial charge in [0.1, 0.15) is 20.2 Å². The minimum atomic E-state index is -0.273. The van der Waals surface area contributed by atoms with Crippen LogP contribution in [0.25, 0.3) is 44.8 Å². The minimum Gasteiger partial charge on any atom is -0.293 e. The summed E-state index contributed by atoms with van der Waals surface area (Å²) in [7, 11) is 0. The SMILES string of the molecule is CC(C)(C)c1cc(C(=N)SC(=N)c2cccc(-c3ccc4c(c3)C(C)(C)c3ccccc3-4)n2)cc(C(=N)SC(=N)c2cccc(-c3ccc4c(c3)C(C)(C)c3ccccc3-4)n2)c1. The molecule has 2 heterocycles. The van der Waals surface area contributed by atoms with Crippen LogP contribution in [-0.4, -0.2) is 30.1 Å². The maximum atomic E-state index is 9.21. The van der Waals surface area contributed by atoms with Gasteiger partial charge in [-0.3, -0.25) is 21.6 Å². The second-order valence-corrected chi connectivity index (χ2v) is 20.3. The molecule has 0 atom stereocenters. The van der Waals surface area contributed by atoms with Crippen LogP contribution < -0.4 is 0 Å². The van der Waals surface area contributed by atoms with E-state index in [2.05, 4.69) is 133 Å². The molecule has 4 N–H and O–H groups in total. The molecule has 6 nitrogen and oxygen atoms in total. The molecule has 0 aliphatic heterocycles. The van der Waals surface area contributed by atoms with E-state index in [1.165, 1.54) is 44.5 Å². The molecule has 62 heavy (non-hydrogen) atoms. The summed E-state index contributed by atoms with van der Waals surface area (Å²) >= 11 is 2.10. The lowest BCUT2D eigenvalue weighted by molar-refractivity contribution is 0.590. The molecule has 0 radical (unpaired) electrons. The molecule has 2 aliphatic rings. The number of thioether (sulfide) groups is 2. The second-order valence-electron chi connectivity index (χ2n) is 18.2. The summed E-state index contributed by atoms with van der Waals surface area (Å²) in [6.07, 6.45) is 0. The van der Waals surface area contributed by atoms with E-state index >= 15 is 0 Å². The summed E-state index contributed by atoms with van der Waals surface area (Å²) in [6, 6.07) is 47.4. The van der Waals surface area contributed by atoms with Crippen molar-refractivity contribution in [2.24, 2.45) is 0 Å². The lowest BCUT2D eigenvalue weighted by Crippen LogP contribution is -2.15. The van der Waals surface area contributed by atoms with Gasteiger partial charge in [-0.25, -0.2) is 9.97 Å². The molecule has 0 amide bonds. The maximum absolute atomic E-state index is 9.21. The highest BCUT2D eigenvalue weighted by molar-refractivity contribution is 8.27. The van der Waals surface area contributed by atoms with E-state index in [0.717, 1.165) is 51.6 Å². The monoisotopic (exact) mass is 844 g/mol. The van der Waals surface area contributed by atoms with Crippen LogP contribution in [0, 0.1) is 21.6 Å². The third-order valence-electron chi connectivity index (χ3n) is 12.5. The van der Waals surface area contributed by atoms with Crippen molar-refractivity contribution in [1.82, 2.24) is 9.97 Å². The van der Waals surface area contributed by atoms with Crippen LogP contribution in [0.3, 0.4) is 0 Å². The van der Waals surface area contributed by atoms with Crippen molar-refractivity contribution in [3.05, 3.63) is 190 Å². The van der Waals surface area contributed by atoms with Crippen molar-refractivity contribution in [2.45, 2.75) is 64.7 Å². The number of benzene rings is 5. The van der Waals surface area contributed by atoms with Crippen molar-refractivity contribution in [1.29, 1.82) is 21.6 Å². The van der Waals surface area contributed by atoms with Crippen LogP contribution in [0.4, 0.5) is 0 Å². The summed E-state index contributed by atoms with van der Waals surface area (Å²) in [6.45, 7) is 15.4. The van der Waals surface area contributed by atoms with E-state index in [1.54, 1.807) is 0 Å². The van der Waals surface area contributed by atoms with Gasteiger partial charge < -0.3 is 0 Å². The first kappa shape index (κ1) is 41.1. The van der Waals surface area contributed by atoms with Crippen molar-refractivity contribution >= 4 is 43.7 Å². The lowest BCUT2D eigenvalue weighted by Gasteiger charge is -2.22. The molecular formula is C54H48N6S2. The van der Waals surface area contributed by atoms with Gasteiger partial charge in [-0.1, -0.05) is 133 Å². The number of pyridine rings is 2. The van der Waals surface area contributed by atoms with E-state index in [-0.39, 0.29) is 36.4 Å². The predicted octanol–water partition coefficient (Wildman–Crippen LogP) is 13.9. The molecule has 2 aliphatic carbocycles. The summed E-state index contributed by atoms with van der Waals surface area (Å²) in [5.74, 6) is 0. The Labute approximate surface area is 372 Å². The van der Waals surface area contributed by atoms with E-state index < -0.39 is 0 Å². The first-order valence-electron chi connectivity index (χ1n) is 20.8. The molecule has 5 aromatic carbocycles. The molecular weight excluding hydrogens is 797 g/mol. The Kier molecular flexibility index (Phi) is 10.2. The Morgan fingerprint density at radius 3 is 1.26 bits per heavy atom. The Morgan fingerprint density at radius 1 is 0.435 bits per heavy atom. The zero-order valence-corrected chi connectivity index (χ0v) is 37.6. The molecule has 7 aromatic rings. The fourth-order valence-corrected chi connectivity index (χ4v) is 10.2. The third kappa shape index (κ3) is 7.25. The van der Waals surface area contributed by atoms with Crippen molar-refractivity contribution in [3.63, 3.8) is 0 Å². The zero-order chi connectivity index (χ0) is 43.7. The molecule has 0 saturated carbocycles. The number of nitrogens with zero attached hydrogens (tertiary/aromatic N) is 2. The average Bonchev–Trinajstić information content (AvgIpc) is 3.64. The summed E-state index contributed by atoms with van der Waals surface area (Å²) < 4.78 is 0. The molecule has 8 heteroatoms. The molecule has 0 fully saturated rings. The first-order valence-corrected chi connectivity index (χ1v) is 22.4. The minimum absolute atomic E-state index is 0.135. The normalized spacial score (nSPS) is 14.0. The van der Waals surface area contributed by atoms with Gasteiger partial charge in [0.05, 0.1) is 22.8 Å². The highest BCUT2D eigenvalue weighted by Gasteiger charge is 2.36. The molecule has 306 valence electrons. The Balaban J connectivity index is 0.927. The highest BCUT2D eigenvalue weighted by atomic mass is 32.2. The van der Waals surface area contributed by atoms with Crippen LogP contribution in [0.5, 0.6) is 0 Å². The number of rotatable bonds is 6. The number of fused-ring (bicyclic) bond motifs is 6. The number of hydrogen-bond donors (Lipinski definition) is 4. The van der Waals surface area contributed by atoms with Gasteiger partial charge in [0.2, 0.25) is 0 Å². The third-order valence-corrected chi connectivity index (χ3v) is 14.2. The van der Waals surface area contributed by atoms with Gasteiger partial charge in [-0.05, 0) is 134 Å². The van der Waals surface area contributed by atoms with Gasteiger partial charge in [0, 0.05) is 33.1 Å². The molecule has 0 saturated heterocycles. The smallest absolute Gasteiger partial charge is 0.119 e. The van der Waals surface area contributed by atoms with Gasteiger partial charge in [0.15, 0.2) is 0 Å². The molecule has 0 spiro atoms. The summed E-state index contributed by atoms with van der Waals surface area (Å²) in [4.78, 5) is 9.85. The molecule has 0 bridgehead atoms. The highest BCUT2D eigenvalue weighted by Crippen LogP contribution is 2.50. The molecule has 9 rings (SSSR count). The second kappa shape index (κ2) is 15.3. The summed E-state index contributed by atoms with van der Waals surface area (Å²) in [5, 5.41) is 37.3. The standard InChI is InChI=1S/C54H48N6S2/c1-52(2,3)35-27-33(48(55)61-50(57)46-20-12-18-44(59-46)31-22-24-38-36-14-8-10-16-40(36)53(4,5)42(38)29-31)26-34(28-35)49(56)62-51(58)47-21-13-19-45(60-47)32-23-25-39-37-15-9-11-17-41(37)54(6,7)43(39)30-32/h8-30,55-58H,1-7H3. The van der Waals surface area contributed by atoms with E-state index in [4.69, 9.17) is 20.8 Å². The van der Waals surface area contributed by atoms with Gasteiger partial charge in [-0.2, -0.15) is 0 Å². The first-order chi connectivity index (χ1) is 29.5. The lowest BCUT2D eigenvalue weighted by atomic mass is 9.82. The molecule has 2 aromatic heterocycles. The predicted molar refractivity (Wildman–Crippen MR) is 262 cm³/mol. The maximum Gasteiger partial charge on any atom is 0.119 e. The Morgan fingerprint density at radius 2 is 0.839 bits per heavy atom. The van der Waals surface area contributed by atoms with Crippen LogP contribution >= 0.6 is 23.5 Å². The fourth-order valence-electron chi connectivity index (χ4n) is 8.92. The topological polar surface area (TPSA) is 121 Å². The van der Waals surface area contributed by atoms with Crippen LogP contribution in [-0.2, 0) is 16.2 Å². The van der Waals surface area contributed by atoms with Crippen molar-refractivity contribution in [2.75, 3.05) is 0 Å². The quantitative estimate of drug-likeness (QED) is 0.0984. The molecule has 0 unspecified atom stereocenters. The van der Waals surface area contributed by atoms with Crippen molar-refractivity contribution < 1.29 is 0 Å². The fraction of sp³-hybridized carbons (Fsp3) is 0.185. The largest absolute Gasteiger partial charge is 0.293 e. The van der Waals surface area contributed by atoms with Crippen LogP contribution in [0.15, 0.2) is 140 Å². The van der Waals surface area contributed by atoms with Gasteiger partial charge in [-0.15, -0.1) is 0 Å². The zero-order valence-electron chi connectivity index (χ0n) is 36.0. The number of hydrogen-bond acceptors (Lipinski definition) is 8. The van der Waals surface area contributed by atoms with Gasteiger partial charge >= 0.3 is 0 Å². The van der Waals surface area contributed by atoms with E-state index in [9.17, 15) is 10.8 Å². The number of nitrogens with one attached hydrogen (secondary N) is 4.